The maximum Gasteiger partial charge on any atom is 0.312 e. The second kappa shape index (κ2) is 11.5. The zero-order valence-corrected chi connectivity index (χ0v) is 22.1. The number of cyclic esters (lactones) is 1. The quantitative estimate of drug-likeness (QED) is 0.443. The van der Waals surface area contributed by atoms with Crippen LogP contribution in [-0.2, 0) is 27.1 Å². The van der Waals surface area contributed by atoms with Crippen molar-refractivity contribution in [2.24, 2.45) is 29.6 Å². The van der Waals surface area contributed by atoms with Crippen molar-refractivity contribution in [1.82, 2.24) is 0 Å². The Morgan fingerprint density at radius 2 is 1.67 bits per heavy atom. The van der Waals surface area contributed by atoms with Gasteiger partial charge in [0.1, 0.15) is 5.75 Å². The molecule has 36 heavy (non-hydrogen) atoms. The smallest absolute Gasteiger partial charge is 0.312 e. The van der Waals surface area contributed by atoms with Gasteiger partial charge in [0.05, 0.1) is 26.2 Å². The standard InChI is InChI=1S/C30H40O6/c1-18(2)23-12-6-19(3)14-27(23)35-30-25(16-21-9-13-26(33-4)28(17-21)34-5)24(29(32)36-30)15-20-7-10-22(31)11-8-20/h7-11,13,17-19,23-25,27,30-31H,6,12,14-16H2,1-5H3/t19?,23?,24-,25-,27?,30-/m1/s1. The minimum absolute atomic E-state index is 0.0758. The van der Waals surface area contributed by atoms with E-state index in [4.69, 9.17) is 18.9 Å². The molecule has 2 aromatic rings. The largest absolute Gasteiger partial charge is 0.508 e. The summed E-state index contributed by atoms with van der Waals surface area (Å²) in [6, 6.07) is 12.9. The van der Waals surface area contributed by atoms with Crippen LogP contribution in [0.15, 0.2) is 42.5 Å². The van der Waals surface area contributed by atoms with Crippen molar-refractivity contribution >= 4 is 5.97 Å². The number of ether oxygens (including phenoxy) is 4. The molecule has 1 heterocycles. The third-order valence-corrected chi connectivity index (χ3v) is 7.98. The van der Waals surface area contributed by atoms with Gasteiger partial charge in [-0.25, -0.2) is 0 Å². The van der Waals surface area contributed by atoms with E-state index in [2.05, 4.69) is 20.8 Å². The zero-order chi connectivity index (χ0) is 25.8. The van der Waals surface area contributed by atoms with E-state index in [1.54, 1.807) is 26.4 Å². The fourth-order valence-electron chi connectivity index (χ4n) is 5.86. The van der Waals surface area contributed by atoms with Crippen molar-refractivity contribution < 1.29 is 28.8 Å². The average Bonchev–Trinajstić information content (AvgIpc) is 3.13. The van der Waals surface area contributed by atoms with E-state index in [1.807, 2.05) is 30.3 Å². The summed E-state index contributed by atoms with van der Waals surface area (Å²) < 4.78 is 23.6. The summed E-state index contributed by atoms with van der Waals surface area (Å²) in [5, 5.41) is 9.69. The average molecular weight is 497 g/mol. The molecular weight excluding hydrogens is 456 g/mol. The lowest BCUT2D eigenvalue weighted by Crippen LogP contribution is -2.39. The Kier molecular flexibility index (Phi) is 8.45. The summed E-state index contributed by atoms with van der Waals surface area (Å²) in [7, 11) is 3.24. The topological polar surface area (TPSA) is 74.2 Å². The van der Waals surface area contributed by atoms with Crippen LogP contribution in [0.5, 0.6) is 17.2 Å². The first kappa shape index (κ1) is 26.3. The second-order valence-corrected chi connectivity index (χ2v) is 10.8. The van der Waals surface area contributed by atoms with E-state index in [0.29, 0.717) is 42.1 Å². The second-order valence-electron chi connectivity index (χ2n) is 10.8. The van der Waals surface area contributed by atoms with Gasteiger partial charge in [-0.1, -0.05) is 45.4 Å². The number of hydrogen-bond donors (Lipinski definition) is 1. The fraction of sp³-hybridized carbons (Fsp3) is 0.567. The Morgan fingerprint density at radius 1 is 0.972 bits per heavy atom. The van der Waals surface area contributed by atoms with Gasteiger partial charge in [-0.05, 0) is 78.8 Å². The first-order valence-corrected chi connectivity index (χ1v) is 13.1. The number of rotatable bonds is 9. The predicted octanol–water partition coefficient (Wildman–Crippen LogP) is 5.79. The van der Waals surface area contributed by atoms with Gasteiger partial charge in [-0.15, -0.1) is 0 Å². The Balaban J connectivity index is 1.61. The molecule has 6 heteroatoms. The zero-order valence-electron chi connectivity index (χ0n) is 22.1. The van der Waals surface area contributed by atoms with Gasteiger partial charge in [0.2, 0.25) is 6.29 Å². The SMILES string of the molecule is COc1ccc(C[C@H]2[C@H](OC3CC(C)CCC3C(C)C)OC(=O)[C@@H]2Cc2ccc(O)cc2)cc1OC. The summed E-state index contributed by atoms with van der Waals surface area (Å²) in [6.45, 7) is 6.79. The van der Waals surface area contributed by atoms with Gasteiger partial charge in [0, 0.05) is 5.92 Å². The van der Waals surface area contributed by atoms with Crippen LogP contribution in [0, 0.1) is 29.6 Å². The maximum atomic E-state index is 13.2. The van der Waals surface area contributed by atoms with Crippen LogP contribution in [0.3, 0.4) is 0 Å². The van der Waals surface area contributed by atoms with E-state index >= 15 is 0 Å². The molecule has 6 atom stereocenters. The summed E-state index contributed by atoms with van der Waals surface area (Å²) in [4.78, 5) is 13.2. The molecule has 0 spiro atoms. The van der Waals surface area contributed by atoms with Gasteiger partial charge in [0.25, 0.3) is 0 Å². The molecule has 1 N–H and O–H groups in total. The van der Waals surface area contributed by atoms with Crippen molar-refractivity contribution in [3.05, 3.63) is 53.6 Å². The number of phenolic OH excluding ortho intramolecular Hbond substituents is 1. The Hall–Kier alpha value is -2.73. The molecule has 0 bridgehead atoms. The van der Waals surface area contributed by atoms with Crippen LogP contribution >= 0.6 is 0 Å². The first-order valence-electron chi connectivity index (χ1n) is 13.1. The number of aromatic hydroxyl groups is 1. The minimum Gasteiger partial charge on any atom is -0.508 e. The van der Waals surface area contributed by atoms with Gasteiger partial charge < -0.3 is 24.1 Å². The lowest BCUT2D eigenvalue weighted by Gasteiger charge is -2.39. The predicted molar refractivity (Wildman–Crippen MR) is 138 cm³/mol. The Bertz CT molecular complexity index is 1020. The lowest BCUT2D eigenvalue weighted by molar-refractivity contribution is -0.195. The Labute approximate surface area is 214 Å². The van der Waals surface area contributed by atoms with Crippen LogP contribution in [-0.4, -0.2) is 37.7 Å². The molecule has 3 unspecified atom stereocenters. The number of benzene rings is 2. The molecule has 0 radical (unpaired) electrons. The molecular formula is C30H40O6. The number of phenols is 1. The van der Waals surface area contributed by atoms with Crippen LogP contribution in [0.4, 0.5) is 0 Å². The van der Waals surface area contributed by atoms with Crippen molar-refractivity contribution in [2.45, 2.75) is 65.3 Å². The maximum absolute atomic E-state index is 13.2. The number of methoxy groups -OCH3 is 2. The molecule has 1 aliphatic carbocycles. The van der Waals surface area contributed by atoms with Crippen LogP contribution in [0.1, 0.15) is 51.2 Å². The fourth-order valence-corrected chi connectivity index (χ4v) is 5.86. The monoisotopic (exact) mass is 496 g/mol. The van der Waals surface area contributed by atoms with Crippen LogP contribution in [0.2, 0.25) is 0 Å². The van der Waals surface area contributed by atoms with Crippen molar-refractivity contribution in [3.63, 3.8) is 0 Å². The number of carbonyl (C=O) groups excluding carboxylic acids is 1. The normalized spacial score (nSPS) is 28.2. The highest BCUT2D eigenvalue weighted by Gasteiger charge is 2.47. The van der Waals surface area contributed by atoms with Crippen molar-refractivity contribution in [2.75, 3.05) is 14.2 Å². The minimum atomic E-state index is -0.593. The van der Waals surface area contributed by atoms with E-state index in [-0.39, 0.29) is 29.7 Å². The first-order chi connectivity index (χ1) is 17.3. The highest BCUT2D eigenvalue weighted by atomic mass is 16.7. The summed E-state index contributed by atoms with van der Waals surface area (Å²) in [5.41, 5.74) is 2.02. The number of esters is 1. The molecule has 0 aromatic heterocycles. The molecule has 6 nitrogen and oxygen atoms in total. The van der Waals surface area contributed by atoms with E-state index in [9.17, 15) is 9.90 Å². The summed E-state index contributed by atoms with van der Waals surface area (Å²) in [5.74, 6) is 2.40. The lowest BCUT2D eigenvalue weighted by atomic mass is 9.75. The summed E-state index contributed by atoms with van der Waals surface area (Å²) >= 11 is 0. The number of carbonyl (C=O) groups is 1. The highest BCUT2D eigenvalue weighted by Crippen LogP contribution is 2.41. The third kappa shape index (κ3) is 5.97. The molecule has 4 rings (SSSR count). The van der Waals surface area contributed by atoms with E-state index < -0.39 is 6.29 Å². The number of hydrogen-bond acceptors (Lipinski definition) is 6. The molecule has 1 saturated heterocycles. The van der Waals surface area contributed by atoms with E-state index in [1.165, 1.54) is 6.42 Å². The molecule has 0 amide bonds. The molecule has 2 fully saturated rings. The van der Waals surface area contributed by atoms with Crippen molar-refractivity contribution in [1.29, 1.82) is 0 Å². The summed E-state index contributed by atoms with van der Waals surface area (Å²) in [6.07, 6.45) is 3.98. The van der Waals surface area contributed by atoms with Crippen LogP contribution in [0.25, 0.3) is 0 Å². The van der Waals surface area contributed by atoms with E-state index in [0.717, 1.165) is 24.0 Å². The van der Waals surface area contributed by atoms with Gasteiger partial charge >= 0.3 is 5.97 Å². The van der Waals surface area contributed by atoms with Crippen molar-refractivity contribution in [3.8, 4) is 17.2 Å². The molecule has 2 aliphatic rings. The molecule has 1 saturated carbocycles. The molecule has 1 aliphatic heterocycles. The van der Waals surface area contributed by atoms with Gasteiger partial charge in [-0.2, -0.15) is 0 Å². The molecule has 196 valence electrons. The van der Waals surface area contributed by atoms with Gasteiger partial charge in [-0.3, -0.25) is 4.79 Å². The van der Waals surface area contributed by atoms with Crippen LogP contribution < -0.4 is 9.47 Å². The Morgan fingerprint density at radius 3 is 2.33 bits per heavy atom. The third-order valence-electron chi connectivity index (χ3n) is 7.98. The molecule has 2 aromatic carbocycles. The van der Waals surface area contributed by atoms with Gasteiger partial charge in [0.15, 0.2) is 11.5 Å². The highest BCUT2D eigenvalue weighted by molar-refractivity contribution is 5.75.